The molecule has 2 heterocycles. The second-order valence-corrected chi connectivity index (χ2v) is 9.46. The Balaban J connectivity index is 1.81. The number of carbonyl (C=O) groups is 1. The summed E-state index contributed by atoms with van der Waals surface area (Å²) in [5, 5.41) is 10.1. The van der Waals surface area contributed by atoms with Gasteiger partial charge in [-0.05, 0) is 24.1 Å². The molecule has 1 aromatic carbocycles. The predicted molar refractivity (Wildman–Crippen MR) is 112 cm³/mol. The van der Waals surface area contributed by atoms with E-state index in [1.54, 1.807) is 24.0 Å². The van der Waals surface area contributed by atoms with Crippen molar-refractivity contribution < 1.29 is 22.7 Å². The van der Waals surface area contributed by atoms with E-state index in [4.69, 9.17) is 0 Å². The lowest BCUT2D eigenvalue weighted by atomic mass is 10.1. The van der Waals surface area contributed by atoms with Gasteiger partial charge >= 0.3 is 0 Å². The molecule has 1 saturated heterocycles. The Bertz CT molecular complexity index is 1160. The summed E-state index contributed by atoms with van der Waals surface area (Å²) in [6, 6.07) is 4.46. The number of anilines is 1. The Hall–Kier alpha value is -2.99. The summed E-state index contributed by atoms with van der Waals surface area (Å²) in [4.78, 5) is 34.5. The molecule has 1 aliphatic heterocycles. The highest BCUT2D eigenvalue weighted by molar-refractivity contribution is 7.88. The van der Waals surface area contributed by atoms with Crippen molar-refractivity contribution in [2.75, 3.05) is 44.4 Å². The second kappa shape index (κ2) is 8.63. The number of H-pyrrole nitrogens is 1. The second-order valence-electron chi connectivity index (χ2n) is 7.48. The first-order valence-corrected chi connectivity index (χ1v) is 11.4. The molecule has 0 unspecified atom stereocenters. The van der Waals surface area contributed by atoms with Crippen molar-refractivity contribution in [3.63, 3.8) is 0 Å². The maximum absolute atomic E-state index is 13.5. The third-order valence-corrected chi connectivity index (χ3v) is 6.38. The number of nitrogens with zero attached hydrogens (tertiary/aromatic N) is 4. The molecule has 0 radical (unpaired) electrons. The van der Waals surface area contributed by atoms with Crippen LogP contribution in [0.2, 0.25) is 0 Å². The molecule has 0 bridgehead atoms. The van der Waals surface area contributed by atoms with E-state index in [1.807, 2.05) is 0 Å². The minimum absolute atomic E-state index is 0.0744. The lowest BCUT2D eigenvalue weighted by molar-refractivity contribution is 0.0775. The van der Waals surface area contributed by atoms with Crippen LogP contribution in [0.5, 0.6) is 5.75 Å². The van der Waals surface area contributed by atoms with E-state index in [1.165, 1.54) is 22.3 Å². The average molecular weight is 453 g/mol. The highest BCUT2D eigenvalue weighted by atomic mass is 32.2. The van der Waals surface area contributed by atoms with Gasteiger partial charge in [0.15, 0.2) is 5.69 Å². The van der Waals surface area contributed by atoms with Gasteiger partial charge in [-0.2, -0.15) is 4.31 Å². The van der Waals surface area contributed by atoms with Crippen LogP contribution in [0.15, 0.2) is 23.0 Å². The smallest absolute Gasteiger partial charge is 0.295 e. The molecule has 10 nitrogen and oxygen atoms in total. The summed E-state index contributed by atoms with van der Waals surface area (Å²) in [6.45, 7) is 2.67. The molecule has 168 valence electrons. The standard InChI is InChI=1S/C19H24FN5O5S/c1-12-10-13(4-5-14(12)20)11-23(2)18(28)15-16(26)17(27)22-19(21-15)24-6-8-25(9-7-24)31(3,29)30/h4-5,10,26H,6-9,11H2,1-3H3,(H,21,22,27). The number of aryl methyl sites for hydroxylation is 1. The van der Waals surface area contributed by atoms with Crippen LogP contribution in [0.25, 0.3) is 0 Å². The molecule has 0 aliphatic carbocycles. The van der Waals surface area contributed by atoms with Crippen LogP contribution in [0.3, 0.4) is 0 Å². The number of aromatic nitrogens is 2. The number of halogens is 1. The molecule has 3 rings (SSSR count). The zero-order chi connectivity index (χ0) is 22.9. The lowest BCUT2D eigenvalue weighted by Gasteiger charge is -2.33. The van der Waals surface area contributed by atoms with Gasteiger partial charge in [-0.15, -0.1) is 0 Å². The molecule has 1 aliphatic rings. The van der Waals surface area contributed by atoms with Crippen molar-refractivity contribution in [3.05, 3.63) is 51.2 Å². The summed E-state index contributed by atoms with van der Waals surface area (Å²) >= 11 is 0. The van der Waals surface area contributed by atoms with E-state index in [-0.39, 0.29) is 44.5 Å². The molecular formula is C19H24FN5O5S. The first kappa shape index (κ1) is 22.7. The number of amides is 1. The fourth-order valence-electron chi connectivity index (χ4n) is 3.32. The lowest BCUT2D eigenvalue weighted by Crippen LogP contribution is -2.49. The maximum atomic E-state index is 13.5. The number of piperazine rings is 1. The SMILES string of the molecule is Cc1cc(CN(C)C(=O)c2nc(N3CCN(S(C)(=O)=O)CC3)[nH]c(=O)c2O)ccc1F. The monoisotopic (exact) mass is 453 g/mol. The fourth-order valence-corrected chi connectivity index (χ4v) is 4.14. The van der Waals surface area contributed by atoms with Crippen LogP contribution < -0.4 is 10.5 Å². The number of sulfonamides is 1. The first-order chi connectivity index (χ1) is 14.5. The molecule has 1 amide bonds. The minimum atomic E-state index is -3.32. The van der Waals surface area contributed by atoms with E-state index in [9.17, 15) is 27.5 Å². The van der Waals surface area contributed by atoms with Crippen molar-refractivity contribution in [2.24, 2.45) is 0 Å². The van der Waals surface area contributed by atoms with Crippen LogP contribution in [0.1, 0.15) is 21.6 Å². The van der Waals surface area contributed by atoms with Crippen LogP contribution in [-0.2, 0) is 16.6 Å². The third-order valence-electron chi connectivity index (χ3n) is 5.08. The molecule has 2 N–H and O–H groups in total. The number of benzene rings is 1. The number of carbonyl (C=O) groups excluding carboxylic acids is 1. The van der Waals surface area contributed by atoms with E-state index in [2.05, 4.69) is 9.97 Å². The molecule has 1 fully saturated rings. The molecule has 0 spiro atoms. The number of rotatable bonds is 5. The number of aromatic hydroxyl groups is 1. The highest BCUT2D eigenvalue weighted by Crippen LogP contribution is 2.18. The van der Waals surface area contributed by atoms with Gasteiger partial charge in [0.25, 0.3) is 11.5 Å². The van der Waals surface area contributed by atoms with Gasteiger partial charge in [0.2, 0.25) is 21.7 Å². The highest BCUT2D eigenvalue weighted by Gasteiger charge is 2.27. The maximum Gasteiger partial charge on any atom is 0.295 e. The normalized spacial score (nSPS) is 15.2. The van der Waals surface area contributed by atoms with E-state index >= 15 is 0 Å². The topological polar surface area (TPSA) is 127 Å². The number of hydrogen-bond acceptors (Lipinski definition) is 7. The molecular weight excluding hydrogens is 429 g/mol. The summed E-state index contributed by atoms with van der Waals surface area (Å²) in [6.07, 6.45) is 1.12. The summed E-state index contributed by atoms with van der Waals surface area (Å²) in [5.41, 5.74) is -0.169. The first-order valence-electron chi connectivity index (χ1n) is 9.51. The molecule has 31 heavy (non-hydrogen) atoms. The fraction of sp³-hybridized carbons (Fsp3) is 0.421. The third kappa shape index (κ3) is 5.02. The number of aromatic amines is 1. The molecule has 0 atom stereocenters. The van der Waals surface area contributed by atoms with Crippen LogP contribution in [0, 0.1) is 12.7 Å². The van der Waals surface area contributed by atoms with Crippen LogP contribution >= 0.6 is 0 Å². The van der Waals surface area contributed by atoms with Crippen molar-refractivity contribution in [3.8, 4) is 5.75 Å². The Labute approximate surface area is 179 Å². The van der Waals surface area contributed by atoms with Crippen molar-refractivity contribution in [2.45, 2.75) is 13.5 Å². The summed E-state index contributed by atoms with van der Waals surface area (Å²) in [5.74, 6) is -1.76. The Morgan fingerprint density at radius 1 is 1.29 bits per heavy atom. The van der Waals surface area contributed by atoms with Crippen molar-refractivity contribution in [1.29, 1.82) is 0 Å². The average Bonchev–Trinajstić information content (AvgIpc) is 2.71. The zero-order valence-electron chi connectivity index (χ0n) is 17.4. The molecule has 2 aromatic rings. The van der Waals surface area contributed by atoms with Gasteiger partial charge in [-0.1, -0.05) is 12.1 Å². The Morgan fingerprint density at radius 3 is 2.52 bits per heavy atom. The zero-order valence-corrected chi connectivity index (χ0v) is 18.2. The Kier molecular flexibility index (Phi) is 6.32. The number of nitrogens with one attached hydrogen (secondary N) is 1. The Morgan fingerprint density at radius 2 is 1.94 bits per heavy atom. The summed E-state index contributed by atoms with van der Waals surface area (Å²) < 4.78 is 38.1. The van der Waals surface area contributed by atoms with Gasteiger partial charge in [-0.3, -0.25) is 14.6 Å². The van der Waals surface area contributed by atoms with Crippen molar-refractivity contribution in [1.82, 2.24) is 19.2 Å². The van der Waals surface area contributed by atoms with Gasteiger partial charge in [0.05, 0.1) is 6.26 Å². The molecule has 1 aromatic heterocycles. The largest absolute Gasteiger partial charge is 0.501 e. The molecule has 0 saturated carbocycles. The quantitative estimate of drug-likeness (QED) is 0.666. The van der Waals surface area contributed by atoms with Crippen molar-refractivity contribution >= 4 is 21.9 Å². The van der Waals surface area contributed by atoms with Gasteiger partial charge in [0.1, 0.15) is 5.82 Å². The number of hydrogen-bond donors (Lipinski definition) is 2. The van der Waals surface area contributed by atoms with E-state index < -0.39 is 32.9 Å². The van der Waals surface area contributed by atoms with E-state index in [0.29, 0.717) is 11.1 Å². The van der Waals surface area contributed by atoms with Gasteiger partial charge in [0, 0.05) is 39.8 Å². The van der Waals surface area contributed by atoms with Gasteiger partial charge in [-0.25, -0.2) is 17.8 Å². The van der Waals surface area contributed by atoms with Crippen LogP contribution in [-0.4, -0.2) is 78.1 Å². The predicted octanol–water partition coefficient (Wildman–Crippen LogP) is 0.277. The minimum Gasteiger partial charge on any atom is -0.501 e. The molecule has 12 heteroatoms. The van der Waals surface area contributed by atoms with E-state index in [0.717, 1.165) is 6.26 Å². The van der Waals surface area contributed by atoms with Crippen LogP contribution in [0.4, 0.5) is 10.3 Å². The summed E-state index contributed by atoms with van der Waals surface area (Å²) in [7, 11) is -1.84. The van der Waals surface area contributed by atoms with Gasteiger partial charge < -0.3 is 14.9 Å².